The maximum absolute atomic E-state index is 13.2. The number of ketones is 1. The van der Waals surface area contributed by atoms with Crippen LogP contribution in [0.3, 0.4) is 0 Å². The molecule has 4 aromatic rings. The highest BCUT2D eigenvalue weighted by molar-refractivity contribution is 6.00. The van der Waals surface area contributed by atoms with E-state index in [0.29, 0.717) is 71.9 Å². The summed E-state index contributed by atoms with van der Waals surface area (Å²) in [7, 11) is 1.52. The van der Waals surface area contributed by atoms with Gasteiger partial charge in [0.25, 0.3) is 11.5 Å². The number of amides is 1. The van der Waals surface area contributed by atoms with Gasteiger partial charge in [-0.2, -0.15) is 5.10 Å². The number of hydrogen-bond donors (Lipinski definition) is 1. The molecule has 0 unspecified atom stereocenters. The Morgan fingerprint density at radius 3 is 2.34 bits per heavy atom. The molecule has 0 atom stereocenters. The van der Waals surface area contributed by atoms with Crippen LogP contribution in [0.1, 0.15) is 63.0 Å². The minimum absolute atomic E-state index is 0.0291. The van der Waals surface area contributed by atoms with E-state index in [1.165, 1.54) is 17.9 Å². The molecule has 1 aliphatic rings. The molecule has 44 heavy (non-hydrogen) atoms. The van der Waals surface area contributed by atoms with Crippen LogP contribution in [0.25, 0.3) is 11.3 Å². The summed E-state index contributed by atoms with van der Waals surface area (Å²) < 4.78 is 6.49. The normalized spacial score (nSPS) is 13.4. The Hall–Kier alpha value is -4.96. The number of aldehydes is 1. The number of nitrogens with one attached hydrogen (secondary N) is 1. The molecule has 0 bridgehead atoms. The minimum Gasteiger partial charge on any atom is -0.378 e. The Morgan fingerprint density at radius 2 is 1.70 bits per heavy atom. The number of aromatic nitrogens is 3. The number of anilines is 2. The van der Waals surface area contributed by atoms with Gasteiger partial charge < -0.3 is 15.0 Å². The predicted molar refractivity (Wildman–Crippen MR) is 168 cm³/mol. The molecular formula is C34H35N5O5. The van der Waals surface area contributed by atoms with E-state index >= 15 is 0 Å². The van der Waals surface area contributed by atoms with Gasteiger partial charge in [0.05, 0.1) is 24.5 Å². The molecule has 0 aliphatic carbocycles. The first-order valence-electron chi connectivity index (χ1n) is 14.4. The minimum atomic E-state index is -0.401. The number of rotatable bonds is 8. The van der Waals surface area contributed by atoms with Crippen LogP contribution >= 0.6 is 0 Å². The molecule has 3 heterocycles. The Kier molecular flexibility index (Phi) is 8.82. The van der Waals surface area contributed by atoms with Gasteiger partial charge in [0.2, 0.25) is 0 Å². The third-order valence-corrected chi connectivity index (χ3v) is 7.65. The fourth-order valence-corrected chi connectivity index (χ4v) is 5.07. The van der Waals surface area contributed by atoms with Crippen LogP contribution in [-0.2, 0) is 23.6 Å². The first kappa shape index (κ1) is 30.5. The van der Waals surface area contributed by atoms with Crippen molar-refractivity contribution in [2.75, 3.05) is 31.6 Å². The third-order valence-electron chi connectivity index (χ3n) is 7.65. The van der Waals surface area contributed by atoms with Crippen LogP contribution in [0.15, 0.2) is 71.7 Å². The van der Waals surface area contributed by atoms with E-state index in [1.54, 1.807) is 41.3 Å². The second kappa shape index (κ2) is 12.7. The van der Waals surface area contributed by atoms with E-state index < -0.39 is 5.56 Å². The number of ether oxygens (including phenoxy) is 1. The van der Waals surface area contributed by atoms with Gasteiger partial charge in [0, 0.05) is 49.4 Å². The number of morpholine rings is 1. The number of aryl methyl sites for hydroxylation is 1. The molecule has 10 heteroatoms. The first-order chi connectivity index (χ1) is 21.0. The number of Topliss-reactive ketones (excluding diaryl/α,β-unsaturated/α-hetero) is 1. The second-order valence-electron chi connectivity index (χ2n) is 11.8. The molecule has 1 amide bonds. The van der Waals surface area contributed by atoms with Crippen LogP contribution in [0.2, 0.25) is 0 Å². The zero-order valence-electron chi connectivity index (χ0n) is 25.3. The van der Waals surface area contributed by atoms with Crippen molar-refractivity contribution >= 4 is 29.5 Å². The molecule has 0 radical (unpaired) electrons. The van der Waals surface area contributed by atoms with Crippen molar-refractivity contribution in [2.45, 2.75) is 32.6 Å². The van der Waals surface area contributed by atoms with Crippen molar-refractivity contribution in [1.82, 2.24) is 19.7 Å². The summed E-state index contributed by atoms with van der Waals surface area (Å²) in [4.78, 5) is 57.3. The van der Waals surface area contributed by atoms with Crippen LogP contribution < -0.4 is 10.9 Å². The lowest BCUT2D eigenvalue weighted by Gasteiger charge is -2.26. The van der Waals surface area contributed by atoms with E-state index in [4.69, 9.17) is 4.74 Å². The molecule has 1 saturated heterocycles. The number of pyridine rings is 1. The summed E-state index contributed by atoms with van der Waals surface area (Å²) in [6.45, 7) is 8.40. The summed E-state index contributed by atoms with van der Waals surface area (Å²) in [5.41, 5.74) is 3.65. The Morgan fingerprint density at radius 1 is 1.00 bits per heavy atom. The lowest BCUT2D eigenvalue weighted by atomic mass is 9.86. The highest BCUT2D eigenvalue weighted by atomic mass is 16.5. The van der Waals surface area contributed by atoms with Crippen molar-refractivity contribution in [3.8, 4) is 11.3 Å². The van der Waals surface area contributed by atoms with Gasteiger partial charge in [-0.15, -0.1) is 0 Å². The Labute approximate surface area is 255 Å². The Balaban J connectivity index is 1.39. The van der Waals surface area contributed by atoms with Crippen molar-refractivity contribution in [3.63, 3.8) is 0 Å². The summed E-state index contributed by atoms with van der Waals surface area (Å²) in [6.07, 6.45) is 2.22. The molecule has 0 spiro atoms. The van der Waals surface area contributed by atoms with E-state index in [1.807, 2.05) is 24.3 Å². The predicted octanol–water partition coefficient (Wildman–Crippen LogP) is 4.59. The molecule has 2 aromatic heterocycles. The zero-order chi connectivity index (χ0) is 31.4. The van der Waals surface area contributed by atoms with Crippen LogP contribution in [0.5, 0.6) is 0 Å². The Bertz CT molecular complexity index is 1750. The lowest BCUT2D eigenvalue weighted by molar-refractivity contribution is 0.0302. The maximum atomic E-state index is 13.2. The molecule has 1 aliphatic heterocycles. The molecule has 2 aromatic carbocycles. The molecule has 226 valence electrons. The van der Waals surface area contributed by atoms with E-state index in [2.05, 4.69) is 36.2 Å². The first-order valence-corrected chi connectivity index (χ1v) is 14.4. The molecule has 5 rings (SSSR count). The molecule has 10 nitrogen and oxygen atoms in total. The molecule has 1 N–H and O–H groups in total. The standard InChI is InChI=1S/C34H35N5O5/c1-34(2,3)25-11-8-22(9-12-25)30(41)18-23-6-5-7-26(27(23)21-40)28-19-29(33(43)38(4)37-28)36-31-13-10-24(20-35-31)32(42)39-14-16-44-17-15-39/h5-13,19-21H,14-18H2,1-4H3,(H,35,36). The highest BCUT2D eigenvalue weighted by Gasteiger charge is 2.20. The van der Waals surface area contributed by atoms with Gasteiger partial charge in [0.15, 0.2) is 12.1 Å². The maximum Gasteiger partial charge on any atom is 0.290 e. The fraction of sp³-hybridized carbons (Fsp3) is 0.294. The van der Waals surface area contributed by atoms with Gasteiger partial charge in [-0.1, -0.05) is 63.2 Å². The summed E-state index contributed by atoms with van der Waals surface area (Å²) in [5.74, 6) is 0.129. The van der Waals surface area contributed by atoms with Crippen LogP contribution in [0.4, 0.5) is 11.5 Å². The number of carbonyl (C=O) groups excluding carboxylic acids is 3. The van der Waals surface area contributed by atoms with Crippen molar-refractivity contribution in [3.05, 3.63) is 105 Å². The van der Waals surface area contributed by atoms with Gasteiger partial charge in [-0.3, -0.25) is 19.2 Å². The van der Waals surface area contributed by atoms with Gasteiger partial charge in [-0.25, -0.2) is 9.67 Å². The van der Waals surface area contributed by atoms with Crippen molar-refractivity contribution < 1.29 is 19.1 Å². The van der Waals surface area contributed by atoms with Crippen LogP contribution in [-0.4, -0.2) is 63.9 Å². The van der Waals surface area contributed by atoms with E-state index in [9.17, 15) is 19.2 Å². The summed E-state index contributed by atoms with van der Waals surface area (Å²) in [5, 5.41) is 7.41. The van der Waals surface area contributed by atoms with E-state index in [-0.39, 0.29) is 29.2 Å². The van der Waals surface area contributed by atoms with E-state index in [0.717, 1.165) is 5.56 Å². The van der Waals surface area contributed by atoms with Crippen molar-refractivity contribution in [1.29, 1.82) is 0 Å². The summed E-state index contributed by atoms with van der Waals surface area (Å²) in [6, 6.07) is 17.6. The summed E-state index contributed by atoms with van der Waals surface area (Å²) >= 11 is 0. The second-order valence-corrected chi connectivity index (χ2v) is 11.8. The molecule has 1 fully saturated rings. The topological polar surface area (TPSA) is 123 Å². The number of hydrogen-bond acceptors (Lipinski definition) is 8. The monoisotopic (exact) mass is 593 g/mol. The van der Waals surface area contributed by atoms with Gasteiger partial charge >= 0.3 is 0 Å². The quantitative estimate of drug-likeness (QED) is 0.232. The zero-order valence-corrected chi connectivity index (χ0v) is 25.3. The third kappa shape index (κ3) is 6.65. The molecular weight excluding hydrogens is 558 g/mol. The largest absolute Gasteiger partial charge is 0.378 e. The fourth-order valence-electron chi connectivity index (χ4n) is 5.07. The average Bonchev–Trinajstić information content (AvgIpc) is 3.03. The average molecular weight is 594 g/mol. The SMILES string of the molecule is Cn1nc(-c2cccc(CC(=O)c3ccc(C(C)(C)C)cc3)c2C=O)cc(Nc2ccc(C(=O)N3CCOCC3)cn2)c1=O. The van der Waals surface area contributed by atoms with Crippen LogP contribution in [0, 0.1) is 0 Å². The van der Waals surface area contributed by atoms with Gasteiger partial charge in [0.1, 0.15) is 11.5 Å². The van der Waals surface area contributed by atoms with Crippen molar-refractivity contribution in [2.24, 2.45) is 7.05 Å². The van der Waals surface area contributed by atoms with Gasteiger partial charge in [-0.05, 0) is 34.7 Å². The number of benzene rings is 2. The smallest absolute Gasteiger partial charge is 0.290 e. The number of carbonyl (C=O) groups is 3. The highest BCUT2D eigenvalue weighted by Crippen LogP contribution is 2.27. The lowest BCUT2D eigenvalue weighted by Crippen LogP contribution is -2.40. The molecule has 0 saturated carbocycles. The number of nitrogens with zero attached hydrogens (tertiary/aromatic N) is 4.